The Hall–Kier alpha value is -0.840. The van der Waals surface area contributed by atoms with Crippen LogP contribution in [0.5, 0.6) is 0 Å². The quantitative estimate of drug-likeness (QED) is 0.725. The summed E-state index contributed by atoms with van der Waals surface area (Å²) in [6.07, 6.45) is 6.93. The van der Waals surface area contributed by atoms with Crippen LogP contribution in [0.2, 0.25) is 0 Å². The first-order valence-electron chi connectivity index (χ1n) is 8.63. The molecule has 1 spiro atoms. The lowest BCUT2D eigenvalue weighted by molar-refractivity contribution is -0.124. The normalized spacial score (nSPS) is 37.5. The summed E-state index contributed by atoms with van der Waals surface area (Å²) in [6, 6.07) is -0.131. The molecule has 2 bridgehead atoms. The number of fused-ring (bicyclic) bond motifs is 1. The Morgan fingerprint density at radius 2 is 1.96 bits per heavy atom. The molecule has 23 heavy (non-hydrogen) atoms. The molecule has 130 valence electrons. The Balaban J connectivity index is 1.88. The maximum Gasteiger partial charge on any atom is 0.259 e. The minimum atomic E-state index is -3.49. The smallest absolute Gasteiger partial charge is 0.259 e. The van der Waals surface area contributed by atoms with E-state index in [1.54, 1.807) is 0 Å². The van der Waals surface area contributed by atoms with E-state index in [4.69, 9.17) is 0 Å². The molecule has 1 heterocycles. The van der Waals surface area contributed by atoms with E-state index in [1.807, 2.05) is 6.08 Å². The van der Waals surface area contributed by atoms with Gasteiger partial charge in [-0.05, 0) is 42.4 Å². The number of allylic oxidation sites excluding steroid dienone is 1. The second-order valence-electron chi connectivity index (χ2n) is 9.42. The summed E-state index contributed by atoms with van der Waals surface area (Å²) in [5, 5.41) is 0. The summed E-state index contributed by atoms with van der Waals surface area (Å²) in [7, 11) is -3.49. The Morgan fingerprint density at radius 3 is 2.52 bits per heavy atom. The van der Waals surface area contributed by atoms with Crippen molar-refractivity contribution >= 4 is 15.9 Å². The molecule has 3 aliphatic rings. The van der Waals surface area contributed by atoms with E-state index >= 15 is 0 Å². The predicted octanol–water partition coefficient (Wildman–Crippen LogP) is 3.35. The van der Waals surface area contributed by atoms with E-state index in [2.05, 4.69) is 34.6 Å². The Kier molecular flexibility index (Phi) is 3.58. The fourth-order valence-corrected chi connectivity index (χ4v) is 7.68. The van der Waals surface area contributed by atoms with Gasteiger partial charge in [-0.3, -0.25) is 4.79 Å². The maximum absolute atomic E-state index is 12.7. The number of carbonyl (C=O) groups excluding carboxylic acids is 1. The van der Waals surface area contributed by atoms with Gasteiger partial charge in [0.2, 0.25) is 10.0 Å². The number of nitrogens with zero attached hydrogens (tertiary/aromatic N) is 1. The summed E-state index contributed by atoms with van der Waals surface area (Å²) in [6.45, 7) is 10.7. The lowest BCUT2D eigenvalue weighted by Gasteiger charge is -2.36. The summed E-state index contributed by atoms with van der Waals surface area (Å²) >= 11 is 0. The molecule has 2 saturated carbocycles. The number of hydrogen-bond acceptors (Lipinski definition) is 3. The van der Waals surface area contributed by atoms with Crippen LogP contribution in [-0.4, -0.2) is 30.4 Å². The van der Waals surface area contributed by atoms with Gasteiger partial charge in [0.1, 0.15) is 0 Å². The molecular formula is C18H29NO3S. The Bertz CT molecular complexity index is 656. The van der Waals surface area contributed by atoms with Gasteiger partial charge in [-0.25, -0.2) is 12.7 Å². The third-order valence-electron chi connectivity index (χ3n) is 6.62. The standard InChI is InChI=1S/C18H29NO3S/c1-16(2,3)9-6-7-15(20)19-14-11-13-8-10-18(14,17(13,4)5)12-23(19,21)22/h6-7,13-14H,8-12H2,1-5H3/b7-6+. The Morgan fingerprint density at radius 1 is 1.30 bits per heavy atom. The van der Waals surface area contributed by atoms with E-state index in [9.17, 15) is 13.2 Å². The lowest BCUT2D eigenvalue weighted by atomic mass is 9.69. The number of amides is 1. The summed E-state index contributed by atoms with van der Waals surface area (Å²) < 4.78 is 26.7. The zero-order valence-electron chi connectivity index (χ0n) is 14.9. The van der Waals surface area contributed by atoms with E-state index in [-0.39, 0.29) is 33.9 Å². The highest BCUT2D eigenvalue weighted by atomic mass is 32.2. The average Bonchev–Trinajstić information content (AvgIpc) is 2.83. The number of hydrogen-bond donors (Lipinski definition) is 0. The van der Waals surface area contributed by atoms with Gasteiger partial charge in [0.05, 0.1) is 11.8 Å². The second kappa shape index (κ2) is 4.84. The minimum absolute atomic E-state index is 0.00882. The highest BCUT2D eigenvalue weighted by Gasteiger charge is 2.72. The van der Waals surface area contributed by atoms with Crippen LogP contribution in [0.3, 0.4) is 0 Å². The van der Waals surface area contributed by atoms with E-state index in [0.717, 1.165) is 25.7 Å². The van der Waals surface area contributed by atoms with Crippen LogP contribution in [-0.2, 0) is 14.8 Å². The molecule has 0 N–H and O–H groups in total. The summed E-state index contributed by atoms with van der Waals surface area (Å²) in [5.74, 6) is 0.337. The van der Waals surface area contributed by atoms with Crippen molar-refractivity contribution in [1.29, 1.82) is 0 Å². The fourth-order valence-electron chi connectivity index (χ4n) is 5.17. The Labute approximate surface area is 140 Å². The maximum atomic E-state index is 12.7. The zero-order valence-corrected chi connectivity index (χ0v) is 15.7. The van der Waals surface area contributed by atoms with Gasteiger partial charge >= 0.3 is 0 Å². The predicted molar refractivity (Wildman–Crippen MR) is 91.2 cm³/mol. The SMILES string of the molecule is CC(C)(C)C/C=C/C(=O)N1C2CC3CCC2(CS1(=O)=O)C3(C)C. The van der Waals surface area contributed by atoms with Crippen molar-refractivity contribution in [3.8, 4) is 0 Å². The molecule has 3 unspecified atom stereocenters. The highest BCUT2D eigenvalue weighted by Crippen LogP contribution is 2.69. The van der Waals surface area contributed by atoms with E-state index < -0.39 is 10.0 Å². The first-order chi connectivity index (χ1) is 10.4. The monoisotopic (exact) mass is 339 g/mol. The van der Waals surface area contributed by atoms with Gasteiger partial charge in [0, 0.05) is 11.5 Å². The summed E-state index contributed by atoms with van der Waals surface area (Å²) in [5.41, 5.74) is -0.130. The van der Waals surface area contributed by atoms with Crippen LogP contribution < -0.4 is 0 Å². The van der Waals surface area contributed by atoms with Crippen LogP contribution in [0.15, 0.2) is 12.2 Å². The molecule has 5 heteroatoms. The second-order valence-corrected chi connectivity index (χ2v) is 11.3. The van der Waals surface area contributed by atoms with E-state index in [0.29, 0.717) is 5.92 Å². The van der Waals surface area contributed by atoms with Crippen molar-refractivity contribution in [2.45, 2.75) is 66.3 Å². The lowest BCUT2D eigenvalue weighted by Crippen LogP contribution is -2.43. The molecule has 2 aliphatic carbocycles. The van der Waals surface area contributed by atoms with Crippen molar-refractivity contribution < 1.29 is 13.2 Å². The molecule has 0 aromatic carbocycles. The van der Waals surface area contributed by atoms with Gasteiger partial charge in [-0.1, -0.05) is 40.7 Å². The van der Waals surface area contributed by atoms with Crippen LogP contribution in [0.1, 0.15) is 60.3 Å². The average molecular weight is 340 g/mol. The van der Waals surface area contributed by atoms with Crippen LogP contribution in [0.4, 0.5) is 0 Å². The molecule has 0 aromatic rings. The topological polar surface area (TPSA) is 54.5 Å². The first-order valence-corrected chi connectivity index (χ1v) is 10.2. The van der Waals surface area contributed by atoms with Crippen LogP contribution >= 0.6 is 0 Å². The highest BCUT2D eigenvalue weighted by molar-refractivity contribution is 7.90. The van der Waals surface area contributed by atoms with Gasteiger partial charge < -0.3 is 0 Å². The number of rotatable bonds is 2. The molecule has 3 rings (SSSR count). The molecule has 3 atom stereocenters. The van der Waals surface area contributed by atoms with Crippen molar-refractivity contribution in [2.24, 2.45) is 22.2 Å². The molecular weight excluding hydrogens is 310 g/mol. The fraction of sp³-hybridized carbons (Fsp3) is 0.833. The van der Waals surface area contributed by atoms with Gasteiger partial charge in [-0.15, -0.1) is 0 Å². The zero-order chi connectivity index (χ0) is 17.3. The number of carbonyl (C=O) groups is 1. The largest absolute Gasteiger partial charge is 0.269 e. The van der Waals surface area contributed by atoms with Crippen LogP contribution in [0.25, 0.3) is 0 Å². The van der Waals surface area contributed by atoms with Gasteiger partial charge in [0.15, 0.2) is 0 Å². The minimum Gasteiger partial charge on any atom is -0.269 e. The molecule has 0 radical (unpaired) electrons. The molecule has 4 nitrogen and oxygen atoms in total. The van der Waals surface area contributed by atoms with Gasteiger partial charge in [0.25, 0.3) is 5.91 Å². The summed E-state index contributed by atoms with van der Waals surface area (Å²) in [4.78, 5) is 12.6. The van der Waals surface area contributed by atoms with Crippen LogP contribution in [0, 0.1) is 22.2 Å². The van der Waals surface area contributed by atoms with Crippen molar-refractivity contribution in [3.05, 3.63) is 12.2 Å². The van der Waals surface area contributed by atoms with Gasteiger partial charge in [-0.2, -0.15) is 0 Å². The van der Waals surface area contributed by atoms with Crippen molar-refractivity contribution in [3.63, 3.8) is 0 Å². The van der Waals surface area contributed by atoms with E-state index in [1.165, 1.54) is 10.4 Å². The van der Waals surface area contributed by atoms with Crippen molar-refractivity contribution in [2.75, 3.05) is 5.75 Å². The molecule has 0 aromatic heterocycles. The third kappa shape index (κ3) is 2.38. The number of sulfonamides is 1. The first kappa shape index (κ1) is 17.0. The third-order valence-corrected chi connectivity index (χ3v) is 8.53. The van der Waals surface area contributed by atoms with Crippen molar-refractivity contribution in [1.82, 2.24) is 4.31 Å². The molecule has 1 amide bonds. The molecule has 1 aliphatic heterocycles. The molecule has 1 saturated heterocycles. The molecule has 3 fully saturated rings.